The van der Waals surface area contributed by atoms with Crippen LogP contribution < -0.4 is 0 Å². The molecule has 3 heterocycles. The molecule has 4 rings (SSSR count). The van der Waals surface area contributed by atoms with E-state index in [1.54, 1.807) is 4.90 Å². The standard InChI is InChI=1S/C21H26BrN3O3/c1-20(2,3)28-19(26)25-13-21(9-4-10-27-21)11-17(25)18-23-12-16(24-18)14-5-7-15(22)8-6-14/h5-8,12,17H,4,9-11,13H2,1-3H3,(H,23,24)/t17-,21+/m0/s1. The fraction of sp³-hybridized carbons (Fsp3) is 0.524. The van der Waals surface area contributed by atoms with Gasteiger partial charge in [0.2, 0.25) is 0 Å². The van der Waals surface area contributed by atoms with E-state index in [2.05, 4.69) is 25.9 Å². The molecule has 2 aliphatic rings. The Bertz CT molecular complexity index is 851. The van der Waals surface area contributed by atoms with Gasteiger partial charge >= 0.3 is 6.09 Å². The highest BCUT2D eigenvalue weighted by atomic mass is 79.9. The number of ether oxygens (including phenoxy) is 2. The molecule has 2 aliphatic heterocycles. The minimum atomic E-state index is -0.542. The molecule has 2 saturated heterocycles. The van der Waals surface area contributed by atoms with Crippen molar-refractivity contribution in [1.29, 1.82) is 0 Å². The van der Waals surface area contributed by atoms with Crippen molar-refractivity contribution in [2.75, 3.05) is 13.2 Å². The maximum Gasteiger partial charge on any atom is 0.411 e. The van der Waals surface area contributed by atoms with E-state index in [4.69, 9.17) is 9.47 Å². The van der Waals surface area contributed by atoms with Gasteiger partial charge in [-0.15, -0.1) is 0 Å². The third kappa shape index (κ3) is 3.96. The zero-order valence-corrected chi connectivity index (χ0v) is 18.1. The number of halogens is 1. The zero-order chi connectivity index (χ0) is 19.9. The van der Waals surface area contributed by atoms with Gasteiger partial charge in [-0.25, -0.2) is 9.78 Å². The van der Waals surface area contributed by atoms with Gasteiger partial charge in [-0.2, -0.15) is 0 Å². The molecule has 2 aromatic rings. The molecule has 1 amide bonds. The van der Waals surface area contributed by atoms with Gasteiger partial charge in [-0.1, -0.05) is 28.1 Å². The molecule has 28 heavy (non-hydrogen) atoms. The molecule has 6 nitrogen and oxygen atoms in total. The number of amides is 1. The predicted octanol–water partition coefficient (Wildman–Crippen LogP) is 5.07. The molecule has 0 bridgehead atoms. The summed E-state index contributed by atoms with van der Waals surface area (Å²) in [6.07, 6.45) is 4.23. The molecule has 1 aromatic heterocycles. The number of hydrogen-bond acceptors (Lipinski definition) is 4. The van der Waals surface area contributed by atoms with Crippen molar-refractivity contribution < 1.29 is 14.3 Å². The SMILES string of the molecule is CC(C)(C)OC(=O)N1C[C@@]2(CCCO2)C[C@H]1c1ncc(-c2ccc(Br)cc2)[nH]1. The molecule has 1 N–H and O–H groups in total. The summed E-state index contributed by atoms with van der Waals surface area (Å²) in [4.78, 5) is 22.7. The van der Waals surface area contributed by atoms with E-state index in [0.717, 1.165) is 47.4 Å². The molecule has 0 radical (unpaired) electrons. The second kappa shape index (κ2) is 7.19. The first-order valence-electron chi connectivity index (χ1n) is 9.69. The van der Waals surface area contributed by atoms with E-state index >= 15 is 0 Å². The first-order valence-corrected chi connectivity index (χ1v) is 10.5. The Labute approximate surface area is 173 Å². The van der Waals surface area contributed by atoms with Gasteiger partial charge in [0.25, 0.3) is 0 Å². The average molecular weight is 448 g/mol. The Kier molecular flexibility index (Phi) is 5.00. The van der Waals surface area contributed by atoms with E-state index in [1.165, 1.54) is 0 Å². The second-order valence-corrected chi connectivity index (χ2v) is 9.57. The van der Waals surface area contributed by atoms with Crippen molar-refractivity contribution in [1.82, 2.24) is 14.9 Å². The van der Waals surface area contributed by atoms with Gasteiger partial charge in [0.1, 0.15) is 11.4 Å². The van der Waals surface area contributed by atoms with Crippen LogP contribution in [0.4, 0.5) is 4.79 Å². The lowest BCUT2D eigenvalue weighted by Crippen LogP contribution is -2.39. The highest BCUT2D eigenvalue weighted by molar-refractivity contribution is 9.10. The number of nitrogens with zero attached hydrogens (tertiary/aromatic N) is 2. The lowest BCUT2D eigenvalue weighted by molar-refractivity contribution is -0.0000130. The van der Waals surface area contributed by atoms with Crippen LogP contribution in [-0.2, 0) is 9.47 Å². The third-order valence-electron chi connectivity index (χ3n) is 5.28. The molecular formula is C21H26BrN3O3. The van der Waals surface area contributed by atoms with E-state index in [-0.39, 0.29) is 17.7 Å². The molecule has 2 atom stereocenters. The molecule has 0 unspecified atom stereocenters. The summed E-state index contributed by atoms with van der Waals surface area (Å²) >= 11 is 3.46. The van der Waals surface area contributed by atoms with Crippen LogP contribution in [0.2, 0.25) is 0 Å². The Morgan fingerprint density at radius 2 is 2.11 bits per heavy atom. The largest absolute Gasteiger partial charge is 0.444 e. The fourth-order valence-corrected chi connectivity index (χ4v) is 4.29. The molecular weight excluding hydrogens is 422 g/mol. The summed E-state index contributed by atoms with van der Waals surface area (Å²) in [6.45, 7) is 6.95. The number of H-pyrrole nitrogens is 1. The van der Waals surface area contributed by atoms with Gasteiger partial charge in [0.05, 0.1) is 30.1 Å². The molecule has 1 aromatic carbocycles. The molecule has 2 fully saturated rings. The van der Waals surface area contributed by atoms with Crippen molar-refractivity contribution in [2.45, 2.75) is 57.3 Å². The van der Waals surface area contributed by atoms with Crippen LogP contribution in [0.15, 0.2) is 34.9 Å². The molecule has 7 heteroatoms. The van der Waals surface area contributed by atoms with Crippen molar-refractivity contribution in [3.05, 3.63) is 40.8 Å². The third-order valence-corrected chi connectivity index (χ3v) is 5.81. The zero-order valence-electron chi connectivity index (χ0n) is 16.5. The number of aromatic nitrogens is 2. The van der Waals surface area contributed by atoms with Crippen LogP contribution in [0.5, 0.6) is 0 Å². The van der Waals surface area contributed by atoms with Gasteiger partial charge in [0.15, 0.2) is 0 Å². The Hall–Kier alpha value is -1.86. The van der Waals surface area contributed by atoms with E-state index in [0.29, 0.717) is 6.54 Å². The fourth-order valence-electron chi connectivity index (χ4n) is 4.03. The first kappa shape index (κ1) is 19.5. The molecule has 0 saturated carbocycles. The van der Waals surface area contributed by atoms with Gasteiger partial charge in [0, 0.05) is 17.5 Å². The van der Waals surface area contributed by atoms with Crippen molar-refractivity contribution >= 4 is 22.0 Å². The summed E-state index contributed by atoms with van der Waals surface area (Å²) in [5.74, 6) is 0.774. The Balaban J connectivity index is 1.61. The average Bonchev–Trinajstić information content (AvgIpc) is 3.35. The van der Waals surface area contributed by atoms with Gasteiger partial charge < -0.3 is 14.5 Å². The minimum absolute atomic E-state index is 0.183. The highest BCUT2D eigenvalue weighted by Gasteiger charge is 2.51. The number of imidazole rings is 1. The monoisotopic (exact) mass is 447 g/mol. The molecule has 150 valence electrons. The Morgan fingerprint density at radius 1 is 1.36 bits per heavy atom. The lowest BCUT2D eigenvalue weighted by Gasteiger charge is -2.28. The number of carbonyl (C=O) groups is 1. The highest BCUT2D eigenvalue weighted by Crippen LogP contribution is 2.45. The number of benzene rings is 1. The summed E-state index contributed by atoms with van der Waals surface area (Å²) in [5.41, 5.74) is 1.15. The number of carbonyl (C=O) groups excluding carboxylic acids is 1. The van der Waals surface area contributed by atoms with Crippen LogP contribution in [-0.4, -0.2) is 45.3 Å². The number of hydrogen-bond donors (Lipinski definition) is 1. The number of likely N-dealkylation sites (tertiary alicyclic amines) is 1. The molecule has 1 spiro atoms. The topological polar surface area (TPSA) is 67.4 Å². The van der Waals surface area contributed by atoms with Crippen molar-refractivity contribution in [2.24, 2.45) is 0 Å². The lowest BCUT2D eigenvalue weighted by atomic mass is 9.96. The van der Waals surface area contributed by atoms with Crippen LogP contribution in [0.25, 0.3) is 11.3 Å². The summed E-state index contributed by atoms with van der Waals surface area (Å²) in [6, 6.07) is 7.88. The summed E-state index contributed by atoms with van der Waals surface area (Å²) in [7, 11) is 0. The van der Waals surface area contributed by atoms with Gasteiger partial charge in [-0.05, 0) is 51.3 Å². The minimum Gasteiger partial charge on any atom is -0.444 e. The van der Waals surface area contributed by atoms with Crippen LogP contribution in [0.3, 0.4) is 0 Å². The van der Waals surface area contributed by atoms with Crippen molar-refractivity contribution in [3.8, 4) is 11.3 Å². The van der Waals surface area contributed by atoms with Crippen LogP contribution in [0, 0.1) is 0 Å². The first-order chi connectivity index (χ1) is 13.2. The summed E-state index contributed by atoms with van der Waals surface area (Å²) in [5, 5.41) is 0. The normalized spacial score (nSPS) is 24.9. The number of rotatable bonds is 2. The van der Waals surface area contributed by atoms with E-state index in [1.807, 2.05) is 51.2 Å². The predicted molar refractivity (Wildman–Crippen MR) is 110 cm³/mol. The van der Waals surface area contributed by atoms with Crippen LogP contribution in [0.1, 0.15) is 51.9 Å². The number of aromatic amines is 1. The van der Waals surface area contributed by atoms with Crippen molar-refractivity contribution in [3.63, 3.8) is 0 Å². The Morgan fingerprint density at radius 3 is 2.75 bits per heavy atom. The summed E-state index contributed by atoms with van der Waals surface area (Å²) < 4.78 is 12.8. The van der Waals surface area contributed by atoms with Gasteiger partial charge in [-0.3, -0.25) is 4.90 Å². The second-order valence-electron chi connectivity index (χ2n) is 8.65. The smallest absolute Gasteiger partial charge is 0.411 e. The molecule has 0 aliphatic carbocycles. The number of nitrogens with one attached hydrogen (secondary N) is 1. The maximum atomic E-state index is 12.9. The van der Waals surface area contributed by atoms with E-state index < -0.39 is 5.60 Å². The van der Waals surface area contributed by atoms with E-state index in [9.17, 15) is 4.79 Å². The quantitative estimate of drug-likeness (QED) is 0.697. The maximum absolute atomic E-state index is 12.9. The van der Waals surface area contributed by atoms with Crippen LogP contribution >= 0.6 is 15.9 Å².